The van der Waals surface area contributed by atoms with E-state index in [1.54, 1.807) is 12.1 Å². The Morgan fingerprint density at radius 2 is 1.33 bits per heavy atom. The maximum atomic E-state index is 10.5. The maximum absolute atomic E-state index is 10.5. The van der Waals surface area contributed by atoms with Crippen LogP contribution in [0.15, 0.2) is 29.2 Å². The van der Waals surface area contributed by atoms with E-state index in [-0.39, 0.29) is 25.2 Å². The first-order valence-corrected chi connectivity index (χ1v) is 7.02. The molecule has 3 nitrogen and oxygen atoms in total. The zero-order chi connectivity index (χ0) is 13.9. The van der Waals surface area contributed by atoms with Gasteiger partial charge in [-0.1, -0.05) is 17.7 Å². The molecule has 0 aliphatic heterocycles. The summed E-state index contributed by atoms with van der Waals surface area (Å²) in [6.07, 6.45) is 0. The third kappa shape index (κ3) is 13.9. The molecule has 11 heteroatoms. The van der Waals surface area contributed by atoms with E-state index in [0.717, 1.165) is 5.56 Å². The van der Waals surface area contributed by atoms with Crippen molar-refractivity contribution in [2.24, 2.45) is 0 Å². The minimum absolute atomic E-state index is 0. The van der Waals surface area contributed by atoms with Gasteiger partial charge in [-0.05, 0) is 19.1 Å². The molecule has 18 heavy (non-hydrogen) atoms. The van der Waals surface area contributed by atoms with Gasteiger partial charge in [0.1, 0.15) is 0 Å². The number of aryl methyl sites for hydroxylation is 1. The zero-order valence-corrected chi connectivity index (χ0v) is 11.0. The molecule has 0 saturated carbocycles. The molecule has 0 unspecified atom stereocenters. The third-order valence-electron chi connectivity index (χ3n) is 1.32. The second-order valence-corrected chi connectivity index (χ2v) is 5.63. The standard InChI is InChI=1S/C7H8O3S.F5P.Li.H/c1-6-2-4-7(5-3-6)11(8,9)10;1-6(2,3,4)5;;/h2-5H,1H3,(H,8,9,10);;;/q;;+1;-1. The summed E-state index contributed by atoms with van der Waals surface area (Å²) in [5.74, 6) is 0. The summed E-state index contributed by atoms with van der Waals surface area (Å²) in [6.45, 7) is 1.84. The largest absolute Gasteiger partial charge is 1.00 e. The molecule has 0 saturated heterocycles. The van der Waals surface area contributed by atoms with E-state index in [4.69, 9.17) is 4.55 Å². The average Bonchev–Trinajstić information content (AvgIpc) is 1.98. The van der Waals surface area contributed by atoms with E-state index in [1.165, 1.54) is 12.1 Å². The van der Waals surface area contributed by atoms with Crippen LogP contribution in [0.5, 0.6) is 0 Å². The van der Waals surface area contributed by atoms with Crippen LogP contribution in [0.2, 0.25) is 0 Å². The van der Waals surface area contributed by atoms with Gasteiger partial charge in [0.05, 0.1) is 4.90 Å². The minimum Gasteiger partial charge on any atom is -1.00 e. The Bertz CT molecular complexity index is 471. The van der Waals surface area contributed by atoms with Crippen molar-refractivity contribution in [1.82, 2.24) is 0 Å². The molecule has 0 amide bonds. The van der Waals surface area contributed by atoms with Gasteiger partial charge in [0.2, 0.25) is 0 Å². The second-order valence-electron chi connectivity index (χ2n) is 2.93. The van der Waals surface area contributed by atoms with Crippen LogP contribution in [0.4, 0.5) is 21.0 Å². The molecule has 0 atom stereocenters. The van der Waals surface area contributed by atoms with Gasteiger partial charge in [-0.3, -0.25) is 4.55 Å². The van der Waals surface area contributed by atoms with Crippen LogP contribution in [0, 0.1) is 6.92 Å². The summed E-state index contributed by atoms with van der Waals surface area (Å²) in [6, 6.07) is 5.99. The van der Waals surface area contributed by atoms with Crippen LogP contribution < -0.4 is 18.9 Å². The van der Waals surface area contributed by atoms with Crippen LogP contribution in [0.1, 0.15) is 6.99 Å². The van der Waals surface area contributed by atoms with Crippen LogP contribution in [0.25, 0.3) is 0 Å². The molecule has 0 bridgehead atoms. The predicted octanol–water partition coefficient (Wildman–Crippen LogP) is 1.32. The predicted molar refractivity (Wildman–Crippen MR) is 54.6 cm³/mol. The summed E-state index contributed by atoms with van der Waals surface area (Å²) >= 11 is 0. The van der Waals surface area contributed by atoms with Crippen molar-refractivity contribution in [2.75, 3.05) is 0 Å². The molecular formula is C7H9F5LiO3PS. The van der Waals surface area contributed by atoms with Crippen molar-refractivity contribution in [3.63, 3.8) is 0 Å². The Hall–Kier alpha value is -0.193. The Kier molecular flexibility index (Phi) is 7.05. The van der Waals surface area contributed by atoms with Gasteiger partial charge in [0.15, 0.2) is 0 Å². The van der Waals surface area contributed by atoms with Crippen molar-refractivity contribution in [3.8, 4) is 0 Å². The van der Waals surface area contributed by atoms with E-state index in [1.807, 2.05) is 6.92 Å². The molecular weight excluding hydrogens is 297 g/mol. The quantitative estimate of drug-likeness (QED) is 0.368. The molecule has 1 aromatic rings. The number of hydrogen-bond acceptors (Lipinski definition) is 2. The van der Waals surface area contributed by atoms with Crippen LogP contribution in [0.3, 0.4) is 0 Å². The Labute approximate surface area is 114 Å². The molecule has 1 rings (SSSR count). The van der Waals surface area contributed by atoms with Gasteiger partial charge in [0.25, 0.3) is 10.1 Å². The first-order chi connectivity index (χ1) is 7.24. The molecule has 0 fully saturated rings. The molecule has 102 valence electrons. The number of benzene rings is 1. The third-order valence-corrected chi connectivity index (χ3v) is 2.19. The second kappa shape index (κ2) is 6.31. The molecule has 1 N–H and O–H groups in total. The zero-order valence-electron chi connectivity index (χ0n) is 10.3. The van der Waals surface area contributed by atoms with E-state index in [2.05, 4.69) is 0 Å². The number of hydrogen-bond donors (Lipinski definition) is 1. The van der Waals surface area contributed by atoms with Gasteiger partial charge in [-0.2, -0.15) is 8.42 Å². The van der Waals surface area contributed by atoms with Crippen molar-refractivity contribution in [2.45, 2.75) is 11.8 Å². The monoisotopic (exact) mass is 306 g/mol. The Morgan fingerprint density at radius 1 is 1.06 bits per heavy atom. The van der Waals surface area contributed by atoms with Crippen molar-refractivity contribution in [1.29, 1.82) is 0 Å². The molecule has 0 aliphatic rings. The van der Waals surface area contributed by atoms with Gasteiger partial charge in [-0.25, -0.2) is 0 Å². The van der Waals surface area contributed by atoms with Gasteiger partial charge in [-0.15, -0.1) is 0 Å². The van der Waals surface area contributed by atoms with Crippen LogP contribution in [-0.4, -0.2) is 13.0 Å². The molecule has 0 aliphatic carbocycles. The van der Waals surface area contributed by atoms with Crippen LogP contribution in [-0.2, 0) is 10.1 Å². The summed E-state index contributed by atoms with van der Waals surface area (Å²) < 4.78 is 78.7. The normalized spacial score (nSPS) is 13.4. The van der Waals surface area contributed by atoms with Crippen molar-refractivity contribution >= 4 is 18.3 Å². The van der Waals surface area contributed by atoms with Gasteiger partial charge >= 0.3 is 48.0 Å². The van der Waals surface area contributed by atoms with Crippen molar-refractivity contribution < 1.29 is 54.2 Å². The summed E-state index contributed by atoms with van der Waals surface area (Å²) in [5.41, 5.74) is 0.956. The summed E-state index contributed by atoms with van der Waals surface area (Å²) in [7, 11) is -12.6. The summed E-state index contributed by atoms with van der Waals surface area (Å²) in [4.78, 5) is -0.0666. The van der Waals surface area contributed by atoms with E-state index >= 15 is 0 Å². The summed E-state index contributed by atoms with van der Waals surface area (Å²) in [5, 5.41) is 0. The van der Waals surface area contributed by atoms with Crippen molar-refractivity contribution in [3.05, 3.63) is 29.8 Å². The average molecular weight is 306 g/mol. The fraction of sp³-hybridized carbons (Fsp3) is 0.143. The number of rotatable bonds is 1. The molecule has 0 spiro atoms. The fourth-order valence-corrected chi connectivity index (χ4v) is 1.19. The Balaban J connectivity index is -0.000000282. The Morgan fingerprint density at radius 3 is 1.56 bits per heavy atom. The number of halogens is 5. The van der Waals surface area contributed by atoms with Gasteiger partial charge in [0, 0.05) is 0 Å². The fourth-order valence-electron chi connectivity index (χ4n) is 0.710. The first-order valence-electron chi connectivity index (χ1n) is 3.89. The molecule has 0 aromatic heterocycles. The minimum atomic E-state index is -8.55. The SMILES string of the molecule is Cc1ccc(S(=O)(=O)O)cc1.FP(F)(F)(F)F.[H-].[Li+]. The van der Waals surface area contributed by atoms with Crippen LogP contribution >= 0.6 is 8.16 Å². The smallest absolute Gasteiger partial charge is 1.00 e. The molecule has 0 heterocycles. The van der Waals surface area contributed by atoms with E-state index < -0.39 is 18.3 Å². The van der Waals surface area contributed by atoms with E-state index in [9.17, 15) is 29.4 Å². The first kappa shape index (κ1) is 20.1. The topological polar surface area (TPSA) is 54.4 Å². The van der Waals surface area contributed by atoms with Gasteiger partial charge < -0.3 is 1.43 Å². The van der Waals surface area contributed by atoms with E-state index in [0.29, 0.717) is 0 Å². The molecule has 0 radical (unpaired) electrons. The maximum Gasteiger partial charge on any atom is 1.00 e. The molecule has 1 aromatic carbocycles.